The third-order valence-corrected chi connectivity index (χ3v) is 4.53. The van der Waals surface area contributed by atoms with Gasteiger partial charge in [0.1, 0.15) is 17.3 Å². The average Bonchev–Trinajstić information content (AvgIpc) is 2.71. The molecule has 1 heterocycles. The van der Waals surface area contributed by atoms with Crippen molar-refractivity contribution in [2.75, 3.05) is 24.9 Å². The lowest BCUT2D eigenvalue weighted by atomic mass is 10.2. The van der Waals surface area contributed by atoms with Gasteiger partial charge in [-0.15, -0.1) is 0 Å². The summed E-state index contributed by atoms with van der Waals surface area (Å²) < 4.78 is 10.6. The number of carbonyl (C=O) groups is 1. The predicted octanol–water partition coefficient (Wildman–Crippen LogP) is 5.06. The summed E-state index contributed by atoms with van der Waals surface area (Å²) in [7, 11) is 3.12. The van der Waals surface area contributed by atoms with Gasteiger partial charge in [-0.1, -0.05) is 23.7 Å². The first kappa shape index (κ1) is 19.5. The highest BCUT2D eigenvalue weighted by molar-refractivity contribution is 6.31. The molecule has 2 N–H and O–H groups in total. The van der Waals surface area contributed by atoms with Crippen molar-refractivity contribution in [1.29, 1.82) is 0 Å². The molecule has 7 heteroatoms. The van der Waals surface area contributed by atoms with Gasteiger partial charge in [-0.2, -0.15) is 0 Å². The predicted molar refractivity (Wildman–Crippen MR) is 111 cm³/mol. The number of carbonyl (C=O) groups excluding carboxylic acids is 1. The molecule has 0 bridgehead atoms. The van der Waals surface area contributed by atoms with E-state index in [1.807, 2.05) is 31.2 Å². The van der Waals surface area contributed by atoms with Crippen molar-refractivity contribution in [1.82, 2.24) is 4.98 Å². The summed E-state index contributed by atoms with van der Waals surface area (Å²) >= 11 is 6.12. The number of hydrogen-bond acceptors (Lipinski definition) is 5. The van der Waals surface area contributed by atoms with Crippen LogP contribution in [0, 0.1) is 6.92 Å². The number of nitrogens with one attached hydrogen (secondary N) is 2. The van der Waals surface area contributed by atoms with Gasteiger partial charge in [-0.3, -0.25) is 4.79 Å². The molecule has 0 aliphatic rings. The summed E-state index contributed by atoms with van der Waals surface area (Å²) in [5.74, 6) is 1.41. The molecule has 0 spiro atoms. The minimum absolute atomic E-state index is 0.287. The van der Waals surface area contributed by atoms with E-state index in [4.69, 9.17) is 21.1 Å². The van der Waals surface area contributed by atoms with E-state index in [1.165, 1.54) is 7.11 Å². The fraction of sp³-hybridized carbons (Fsp3) is 0.143. The largest absolute Gasteiger partial charge is 0.495 e. The number of methoxy groups -OCH3 is 2. The van der Waals surface area contributed by atoms with Crippen LogP contribution in [-0.2, 0) is 0 Å². The monoisotopic (exact) mass is 397 g/mol. The molecule has 0 fully saturated rings. The molecule has 0 aliphatic heterocycles. The van der Waals surface area contributed by atoms with Crippen LogP contribution in [0.1, 0.15) is 15.9 Å². The van der Waals surface area contributed by atoms with Crippen molar-refractivity contribution in [3.05, 3.63) is 70.9 Å². The third-order valence-electron chi connectivity index (χ3n) is 4.12. The molecule has 0 saturated heterocycles. The SMILES string of the molecule is COc1cc(Cl)c(C)cc1NC(=O)c1ccnc(Nc2ccccc2OC)c1. The molecule has 1 aromatic heterocycles. The second-order valence-corrected chi connectivity index (χ2v) is 6.42. The molecule has 0 atom stereocenters. The first-order valence-electron chi connectivity index (χ1n) is 8.53. The number of pyridine rings is 1. The summed E-state index contributed by atoms with van der Waals surface area (Å²) in [6.45, 7) is 1.86. The van der Waals surface area contributed by atoms with Crippen molar-refractivity contribution in [2.45, 2.75) is 6.92 Å². The van der Waals surface area contributed by atoms with E-state index in [-0.39, 0.29) is 5.91 Å². The maximum Gasteiger partial charge on any atom is 0.255 e. The topological polar surface area (TPSA) is 72.5 Å². The average molecular weight is 398 g/mol. The first-order valence-corrected chi connectivity index (χ1v) is 8.91. The normalized spacial score (nSPS) is 10.3. The lowest BCUT2D eigenvalue weighted by molar-refractivity contribution is 0.102. The van der Waals surface area contributed by atoms with Gasteiger partial charge >= 0.3 is 0 Å². The minimum Gasteiger partial charge on any atom is -0.495 e. The number of aryl methyl sites for hydroxylation is 1. The maximum atomic E-state index is 12.7. The van der Waals surface area contributed by atoms with Gasteiger partial charge < -0.3 is 20.1 Å². The number of anilines is 3. The number of para-hydroxylation sites is 2. The van der Waals surface area contributed by atoms with Gasteiger partial charge in [0.25, 0.3) is 5.91 Å². The van der Waals surface area contributed by atoms with Crippen LogP contribution in [0.15, 0.2) is 54.7 Å². The number of nitrogens with zero attached hydrogens (tertiary/aromatic N) is 1. The zero-order chi connectivity index (χ0) is 20.1. The second kappa shape index (κ2) is 8.63. The molecular formula is C21H20ClN3O3. The van der Waals surface area contributed by atoms with E-state index in [9.17, 15) is 4.79 Å². The van der Waals surface area contributed by atoms with E-state index >= 15 is 0 Å². The van der Waals surface area contributed by atoms with Crippen LogP contribution in [-0.4, -0.2) is 25.1 Å². The fourth-order valence-corrected chi connectivity index (χ4v) is 2.80. The molecule has 0 saturated carbocycles. The number of halogens is 1. The molecule has 0 aliphatic carbocycles. The summed E-state index contributed by atoms with van der Waals surface area (Å²) in [6, 6.07) is 14.2. The van der Waals surface area contributed by atoms with E-state index in [0.29, 0.717) is 33.6 Å². The summed E-state index contributed by atoms with van der Waals surface area (Å²) in [4.78, 5) is 17.0. The van der Waals surface area contributed by atoms with Gasteiger partial charge in [0.15, 0.2) is 0 Å². The molecule has 0 radical (unpaired) electrons. The van der Waals surface area contributed by atoms with Crippen LogP contribution >= 0.6 is 11.6 Å². The van der Waals surface area contributed by atoms with Crippen LogP contribution in [0.25, 0.3) is 0 Å². The highest BCUT2D eigenvalue weighted by Crippen LogP contribution is 2.31. The second-order valence-electron chi connectivity index (χ2n) is 6.01. The Balaban J connectivity index is 1.82. The Morgan fingerprint density at radius 3 is 2.50 bits per heavy atom. The van der Waals surface area contributed by atoms with E-state index in [2.05, 4.69) is 15.6 Å². The van der Waals surface area contributed by atoms with Crippen molar-refractivity contribution in [3.8, 4) is 11.5 Å². The fourth-order valence-electron chi connectivity index (χ4n) is 2.65. The molecule has 3 aromatic rings. The molecule has 1 amide bonds. The number of benzene rings is 2. The third kappa shape index (κ3) is 4.35. The number of hydrogen-bond donors (Lipinski definition) is 2. The summed E-state index contributed by atoms with van der Waals surface area (Å²) in [5, 5.41) is 6.59. The molecule has 2 aromatic carbocycles. The quantitative estimate of drug-likeness (QED) is 0.608. The van der Waals surface area contributed by atoms with Gasteiger partial charge in [-0.25, -0.2) is 4.98 Å². The lowest BCUT2D eigenvalue weighted by Gasteiger charge is -2.13. The van der Waals surface area contributed by atoms with Crippen LogP contribution in [0.2, 0.25) is 5.02 Å². The highest BCUT2D eigenvalue weighted by atomic mass is 35.5. The molecule has 28 heavy (non-hydrogen) atoms. The van der Waals surface area contributed by atoms with Gasteiger partial charge in [0.2, 0.25) is 0 Å². The molecule has 0 unspecified atom stereocenters. The Morgan fingerprint density at radius 2 is 1.75 bits per heavy atom. The molecular weight excluding hydrogens is 378 g/mol. The van der Waals surface area contributed by atoms with Crippen LogP contribution < -0.4 is 20.1 Å². The Morgan fingerprint density at radius 1 is 1.00 bits per heavy atom. The van der Waals surface area contributed by atoms with Crippen molar-refractivity contribution >= 4 is 34.7 Å². The highest BCUT2D eigenvalue weighted by Gasteiger charge is 2.13. The Labute approximate surface area is 168 Å². The van der Waals surface area contributed by atoms with Crippen molar-refractivity contribution in [2.24, 2.45) is 0 Å². The van der Waals surface area contributed by atoms with Crippen LogP contribution in [0.4, 0.5) is 17.2 Å². The first-order chi connectivity index (χ1) is 13.5. The van der Waals surface area contributed by atoms with Gasteiger partial charge in [-0.05, 0) is 42.8 Å². The summed E-state index contributed by atoms with van der Waals surface area (Å²) in [6.07, 6.45) is 1.57. The summed E-state index contributed by atoms with van der Waals surface area (Å²) in [5.41, 5.74) is 2.59. The zero-order valence-electron chi connectivity index (χ0n) is 15.7. The maximum absolute atomic E-state index is 12.7. The molecule has 144 valence electrons. The smallest absolute Gasteiger partial charge is 0.255 e. The van der Waals surface area contributed by atoms with Crippen molar-refractivity contribution in [3.63, 3.8) is 0 Å². The minimum atomic E-state index is -0.287. The lowest BCUT2D eigenvalue weighted by Crippen LogP contribution is -2.13. The zero-order valence-corrected chi connectivity index (χ0v) is 16.5. The number of rotatable bonds is 6. The number of ether oxygens (including phenoxy) is 2. The molecule has 6 nitrogen and oxygen atoms in total. The Kier molecular flexibility index (Phi) is 6.01. The number of amides is 1. The molecule has 3 rings (SSSR count). The van der Waals surface area contributed by atoms with Crippen LogP contribution in [0.5, 0.6) is 11.5 Å². The standard InChI is InChI=1S/C21H20ClN3O3/c1-13-10-17(19(28-3)12-15(13)22)25-21(26)14-8-9-23-20(11-14)24-16-6-4-5-7-18(16)27-2/h4-12H,1-3H3,(H,23,24)(H,25,26). The van der Waals surface area contributed by atoms with E-state index in [1.54, 1.807) is 37.6 Å². The van der Waals surface area contributed by atoms with E-state index in [0.717, 1.165) is 11.3 Å². The van der Waals surface area contributed by atoms with Crippen LogP contribution in [0.3, 0.4) is 0 Å². The number of aromatic nitrogens is 1. The van der Waals surface area contributed by atoms with Gasteiger partial charge in [0, 0.05) is 22.8 Å². The Bertz CT molecular complexity index is 1010. The van der Waals surface area contributed by atoms with E-state index < -0.39 is 0 Å². The van der Waals surface area contributed by atoms with Crippen molar-refractivity contribution < 1.29 is 14.3 Å². The Hall–Kier alpha value is -3.25. The van der Waals surface area contributed by atoms with Gasteiger partial charge in [0.05, 0.1) is 25.6 Å².